The average molecular weight is 266 g/mol. The smallest absolute Gasteiger partial charge is 0.137 e. The van der Waals surface area contributed by atoms with Crippen molar-refractivity contribution in [3.8, 4) is 0 Å². The quantitative estimate of drug-likeness (QED) is 0.887. The van der Waals surface area contributed by atoms with Gasteiger partial charge in [0.05, 0.1) is 0 Å². The molecule has 1 saturated heterocycles. The molecular formula is C13H22N4S. The maximum atomic E-state index is 4.46. The van der Waals surface area contributed by atoms with E-state index >= 15 is 0 Å². The van der Waals surface area contributed by atoms with Gasteiger partial charge in [0.15, 0.2) is 0 Å². The van der Waals surface area contributed by atoms with Crippen LogP contribution in [0, 0.1) is 6.92 Å². The van der Waals surface area contributed by atoms with Crippen molar-refractivity contribution in [2.24, 2.45) is 0 Å². The summed E-state index contributed by atoms with van der Waals surface area (Å²) in [5.41, 5.74) is 1.16. The molecule has 1 aromatic heterocycles. The van der Waals surface area contributed by atoms with Crippen molar-refractivity contribution in [2.75, 3.05) is 35.3 Å². The minimum absolute atomic E-state index is 0.614. The Hall–Kier alpha value is -0.970. The molecule has 5 heteroatoms. The maximum absolute atomic E-state index is 4.46. The van der Waals surface area contributed by atoms with Crippen molar-refractivity contribution in [3.05, 3.63) is 11.9 Å². The third-order valence-electron chi connectivity index (χ3n) is 3.39. The van der Waals surface area contributed by atoms with Crippen molar-refractivity contribution in [2.45, 2.75) is 32.7 Å². The third kappa shape index (κ3) is 2.88. The van der Waals surface area contributed by atoms with E-state index < -0.39 is 0 Å². The van der Waals surface area contributed by atoms with Crippen molar-refractivity contribution in [1.29, 1.82) is 0 Å². The fourth-order valence-corrected chi connectivity index (χ4v) is 3.49. The highest BCUT2D eigenvalue weighted by Crippen LogP contribution is 2.28. The highest BCUT2D eigenvalue weighted by molar-refractivity contribution is 7.99. The number of thioether (sulfide) groups is 1. The zero-order chi connectivity index (χ0) is 13.0. The van der Waals surface area contributed by atoms with Crippen LogP contribution in [0.15, 0.2) is 6.33 Å². The SMILES string of the molecule is CCCNc1ncnc(N(C)C2CCSC2)c1C. The van der Waals surface area contributed by atoms with Gasteiger partial charge in [-0.25, -0.2) is 9.97 Å². The van der Waals surface area contributed by atoms with E-state index in [-0.39, 0.29) is 0 Å². The summed E-state index contributed by atoms with van der Waals surface area (Å²) in [7, 11) is 2.15. The lowest BCUT2D eigenvalue weighted by molar-refractivity contribution is 0.688. The molecule has 0 amide bonds. The lowest BCUT2D eigenvalue weighted by Gasteiger charge is -2.26. The molecule has 18 heavy (non-hydrogen) atoms. The van der Waals surface area contributed by atoms with Gasteiger partial charge in [0, 0.05) is 31.0 Å². The molecule has 0 bridgehead atoms. The summed E-state index contributed by atoms with van der Waals surface area (Å²) >= 11 is 2.03. The molecule has 0 saturated carbocycles. The Morgan fingerprint density at radius 1 is 1.50 bits per heavy atom. The monoisotopic (exact) mass is 266 g/mol. The fraction of sp³-hybridized carbons (Fsp3) is 0.692. The topological polar surface area (TPSA) is 41.1 Å². The molecule has 0 aliphatic carbocycles. The predicted octanol–water partition coefficient (Wildman–Crippen LogP) is 2.55. The number of aromatic nitrogens is 2. The van der Waals surface area contributed by atoms with Gasteiger partial charge in [0.2, 0.25) is 0 Å². The number of nitrogens with one attached hydrogen (secondary N) is 1. The maximum Gasteiger partial charge on any atom is 0.137 e. The third-order valence-corrected chi connectivity index (χ3v) is 4.53. The van der Waals surface area contributed by atoms with Crippen LogP contribution in [0.1, 0.15) is 25.3 Å². The molecule has 1 atom stereocenters. The Kier molecular flexibility index (Phi) is 4.69. The van der Waals surface area contributed by atoms with Gasteiger partial charge in [-0.2, -0.15) is 11.8 Å². The van der Waals surface area contributed by atoms with Gasteiger partial charge in [-0.05, 0) is 25.5 Å². The zero-order valence-corrected chi connectivity index (χ0v) is 12.3. The predicted molar refractivity (Wildman–Crippen MR) is 79.7 cm³/mol. The second-order valence-corrected chi connectivity index (χ2v) is 5.88. The molecule has 0 aromatic carbocycles. The molecule has 1 aromatic rings. The molecular weight excluding hydrogens is 244 g/mol. The zero-order valence-electron chi connectivity index (χ0n) is 11.4. The van der Waals surface area contributed by atoms with Crippen molar-refractivity contribution >= 4 is 23.4 Å². The van der Waals surface area contributed by atoms with Crippen LogP contribution in [0.2, 0.25) is 0 Å². The first-order chi connectivity index (χ1) is 8.74. The first kappa shape index (κ1) is 13.5. The van der Waals surface area contributed by atoms with Gasteiger partial charge in [0.1, 0.15) is 18.0 Å². The van der Waals surface area contributed by atoms with Crippen molar-refractivity contribution in [3.63, 3.8) is 0 Å². The van der Waals surface area contributed by atoms with Crippen LogP contribution in [0.3, 0.4) is 0 Å². The second kappa shape index (κ2) is 6.27. The first-order valence-corrected chi connectivity index (χ1v) is 7.75. The van der Waals surface area contributed by atoms with E-state index in [0.29, 0.717) is 6.04 Å². The van der Waals surface area contributed by atoms with E-state index in [1.807, 2.05) is 11.8 Å². The second-order valence-electron chi connectivity index (χ2n) is 4.73. The van der Waals surface area contributed by atoms with E-state index in [9.17, 15) is 0 Å². The highest BCUT2D eigenvalue weighted by Gasteiger charge is 2.23. The number of hydrogen-bond acceptors (Lipinski definition) is 5. The molecule has 0 spiro atoms. The average Bonchev–Trinajstić information content (AvgIpc) is 2.91. The van der Waals surface area contributed by atoms with Gasteiger partial charge in [-0.15, -0.1) is 0 Å². The summed E-state index contributed by atoms with van der Waals surface area (Å²) in [6.07, 6.45) is 4.02. The van der Waals surface area contributed by atoms with Crippen LogP contribution in [-0.4, -0.2) is 41.1 Å². The van der Waals surface area contributed by atoms with Crippen LogP contribution in [0.4, 0.5) is 11.6 Å². The van der Waals surface area contributed by atoms with Gasteiger partial charge in [0.25, 0.3) is 0 Å². The van der Waals surface area contributed by atoms with Gasteiger partial charge in [-0.1, -0.05) is 6.92 Å². The summed E-state index contributed by atoms with van der Waals surface area (Å²) in [5.74, 6) is 4.51. The lowest BCUT2D eigenvalue weighted by atomic mass is 10.2. The van der Waals surface area contributed by atoms with E-state index in [1.165, 1.54) is 17.9 Å². The van der Waals surface area contributed by atoms with Crippen molar-refractivity contribution in [1.82, 2.24) is 9.97 Å². The summed E-state index contributed by atoms with van der Waals surface area (Å²) in [5, 5.41) is 3.37. The minimum Gasteiger partial charge on any atom is -0.370 e. The molecule has 1 unspecified atom stereocenters. The standard InChI is InChI=1S/C13H22N4S/c1-4-6-14-12-10(2)13(16-9-15-12)17(3)11-5-7-18-8-11/h9,11H,4-8H2,1-3H3,(H,14,15,16). The minimum atomic E-state index is 0.614. The number of hydrogen-bond donors (Lipinski definition) is 1. The fourth-order valence-electron chi connectivity index (χ4n) is 2.22. The Labute approximate surface area is 114 Å². The van der Waals surface area contributed by atoms with E-state index in [0.717, 1.165) is 30.2 Å². The van der Waals surface area contributed by atoms with Crippen molar-refractivity contribution < 1.29 is 0 Å². The Morgan fingerprint density at radius 3 is 3.00 bits per heavy atom. The lowest BCUT2D eigenvalue weighted by Crippen LogP contribution is -2.32. The van der Waals surface area contributed by atoms with Gasteiger partial charge in [-0.3, -0.25) is 0 Å². The van der Waals surface area contributed by atoms with Crippen LogP contribution in [0.5, 0.6) is 0 Å². The summed E-state index contributed by atoms with van der Waals surface area (Å²) < 4.78 is 0. The molecule has 100 valence electrons. The molecule has 0 radical (unpaired) electrons. The Balaban J connectivity index is 2.16. The largest absolute Gasteiger partial charge is 0.370 e. The highest BCUT2D eigenvalue weighted by atomic mass is 32.2. The van der Waals surface area contributed by atoms with Gasteiger partial charge >= 0.3 is 0 Å². The molecule has 1 aliphatic heterocycles. The number of anilines is 2. The summed E-state index contributed by atoms with van der Waals surface area (Å²) in [6, 6.07) is 0.614. The number of rotatable bonds is 5. The summed E-state index contributed by atoms with van der Waals surface area (Å²) in [6.45, 7) is 5.22. The van der Waals surface area contributed by atoms with Crippen LogP contribution in [-0.2, 0) is 0 Å². The van der Waals surface area contributed by atoms with E-state index in [4.69, 9.17) is 0 Å². The van der Waals surface area contributed by atoms with Crippen LogP contribution >= 0.6 is 11.8 Å². The molecule has 2 rings (SSSR count). The molecule has 1 fully saturated rings. The van der Waals surface area contributed by atoms with Crippen LogP contribution in [0.25, 0.3) is 0 Å². The molecule has 1 N–H and O–H groups in total. The molecule has 1 aliphatic rings. The Morgan fingerprint density at radius 2 is 2.33 bits per heavy atom. The van der Waals surface area contributed by atoms with Gasteiger partial charge < -0.3 is 10.2 Å². The first-order valence-electron chi connectivity index (χ1n) is 6.60. The van der Waals surface area contributed by atoms with E-state index in [2.05, 4.69) is 41.1 Å². The molecule has 4 nitrogen and oxygen atoms in total. The van der Waals surface area contributed by atoms with Crippen LogP contribution < -0.4 is 10.2 Å². The Bertz CT molecular complexity index is 391. The number of nitrogens with zero attached hydrogens (tertiary/aromatic N) is 3. The molecule has 2 heterocycles. The van der Waals surface area contributed by atoms with E-state index in [1.54, 1.807) is 6.33 Å². The normalized spacial score (nSPS) is 18.9. The summed E-state index contributed by atoms with van der Waals surface area (Å²) in [4.78, 5) is 11.1.